The van der Waals surface area contributed by atoms with Gasteiger partial charge in [0.1, 0.15) is 5.54 Å². The zero-order chi connectivity index (χ0) is 14.2. The monoisotopic (exact) mass is 260 g/mol. The normalized spacial score (nSPS) is 13.8. The number of nitrogens with zero attached hydrogens (tertiary/aromatic N) is 1. The smallest absolute Gasteiger partial charge is 0.329 e. The lowest BCUT2D eigenvalue weighted by atomic mass is 9.96. The fourth-order valence-corrected chi connectivity index (χ4v) is 1.50. The van der Waals surface area contributed by atoms with E-state index in [1.807, 2.05) is 13.8 Å². The van der Waals surface area contributed by atoms with Crippen molar-refractivity contribution in [3.63, 3.8) is 0 Å². The minimum atomic E-state index is -1.22. The molecule has 0 aromatic rings. The van der Waals surface area contributed by atoms with Crippen molar-refractivity contribution in [1.29, 1.82) is 0 Å². The molecular formula is C12H24N2O4. The van der Waals surface area contributed by atoms with Crippen LogP contribution in [0.5, 0.6) is 0 Å². The predicted molar refractivity (Wildman–Crippen MR) is 68.6 cm³/mol. The highest BCUT2D eigenvalue weighted by Crippen LogP contribution is 2.13. The van der Waals surface area contributed by atoms with Gasteiger partial charge in [0.25, 0.3) is 0 Å². The number of carboxylic acids is 1. The van der Waals surface area contributed by atoms with Crippen molar-refractivity contribution < 1.29 is 19.4 Å². The maximum absolute atomic E-state index is 11.8. The molecule has 0 aromatic carbocycles. The summed E-state index contributed by atoms with van der Waals surface area (Å²) in [5, 5.41) is 11.7. The van der Waals surface area contributed by atoms with Gasteiger partial charge < -0.3 is 20.1 Å². The average Bonchev–Trinajstić information content (AvgIpc) is 2.29. The SMILES string of the molecule is CCCC(C)(NC(=O)N(C)CCOCC)C(=O)O. The number of carbonyl (C=O) groups excluding carboxylic acids is 1. The number of carboxylic acid groups (broad SMARTS) is 1. The molecule has 0 spiro atoms. The Bertz CT molecular complexity index is 283. The number of hydrogen-bond acceptors (Lipinski definition) is 3. The number of ether oxygens (including phenoxy) is 1. The molecule has 0 bridgehead atoms. The second-order valence-corrected chi connectivity index (χ2v) is 4.44. The van der Waals surface area contributed by atoms with Crippen LogP contribution in [0.2, 0.25) is 0 Å². The molecule has 0 aliphatic rings. The van der Waals surface area contributed by atoms with Gasteiger partial charge in [0, 0.05) is 20.2 Å². The Labute approximate surface area is 108 Å². The molecule has 2 amide bonds. The van der Waals surface area contributed by atoms with Crippen LogP contribution in [0, 0.1) is 0 Å². The van der Waals surface area contributed by atoms with Crippen molar-refractivity contribution >= 4 is 12.0 Å². The third-order valence-electron chi connectivity index (χ3n) is 2.73. The molecule has 0 aliphatic heterocycles. The number of aliphatic carboxylic acids is 1. The largest absolute Gasteiger partial charge is 0.480 e. The number of nitrogens with one attached hydrogen (secondary N) is 1. The van der Waals surface area contributed by atoms with E-state index in [0.717, 1.165) is 0 Å². The van der Waals surface area contributed by atoms with E-state index in [2.05, 4.69) is 5.32 Å². The van der Waals surface area contributed by atoms with Gasteiger partial charge >= 0.3 is 12.0 Å². The number of rotatable bonds is 8. The minimum Gasteiger partial charge on any atom is -0.480 e. The van der Waals surface area contributed by atoms with Crippen LogP contribution in [0.1, 0.15) is 33.6 Å². The number of amides is 2. The summed E-state index contributed by atoms with van der Waals surface area (Å²) in [6.45, 7) is 6.75. The van der Waals surface area contributed by atoms with Crippen LogP contribution in [-0.4, -0.2) is 54.4 Å². The Morgan fingerprint density at radius 3 is 2.44 bits per heavy atom. The van der Waals surface area contributed by atoms with E-state index < -0.39 is 17.5 Å². The van der Waals surface area contributed by atoms with Gasteiger partial charge in [-0.15, -0.1) is 0 Å². The van der Waals surface area contributed by atoms with Crippen molar-refractivity contribution in [2.75, 3.05) is 26.8 Å². The first-order chi connectivity index (χ1) is 8.37. The number of likely N-dealkylation sites (N-methyl/N-ethyl adjacent to an activating group) is 1. The molecule has 0 fully saturated rings. The Hall–Kier alpha value is -1.30. The third kappa shape index (κ3) is 5.35. The average molecular weight is 260 g/mol. The number of carbonyl (C=O) groups is 2. The maximum atomic E-state index is 11.8. The maximum Gasteiger partial charge on any atom is 0.329 e. The van der Waals surface area contributed by atoms with E-state index in [4.69, 9.17) is 9.84 Å². The fraction of sp³-hybridized carbons (Fsp3) is 0.833. The Morgan fingerprint density at radius 1 is 1.39 bits per heavy atom. The third-order valence-corrected chi connectivity index (χ3v) is 2.73. The highest BCUT2D eigenvalue weighted by molar-refractivity contribution is 5.85. The van der Waals surface area contributed by atoms with Crippen LogP contribution in [0.4, 0.5) is 4.79 Å². The van der Waals surface area contributed by atoms with Crippen LogP contribution in [-0.2, 0) is 9.53 Å². The summed E-state index contributed by atoms with van der Waals surface area (Å²) in [6, 6.07) is -0.395. The van der Waals surface area contributed by atoms with Gasteiger partial charge in [0.15, 0.2) is 0 Å². The Morgan fingerprint density at radius 2 is 2.00 bits per heavy atom. The molecule has 0 aromatic heterocycles. The lowest BCUT2D eigenvalue weighted by Crippen LogP contribution is -2.55. The first-order valence-electron chi connectivity index (χ1n) is 6.21. The molecule has 0 radical (unpaired) electrons. The van der Waals surface area contributed by atoms with Crippen molar-refractivity contribution in [2.24, 2.45) is 0 Å². The lowest BCUT2D eigenvalue weighted by Gasteiger charge is -2.28. The van der Waals surface area contributed by atoms with Crippen LogP contribution in [0.3, 0.4) is 0 Å². The first-order valence-corrected chi connectivity index (χ1v) is 6.21. The molecule has 18 heavy (non-hydrogen) atoms. The second-order valence-electron chi connectivity index (χ2n) is 4.44. The lowest BCUT2D eigenvalue weighted by molar-refractivity contribution is -0.144. The van der Waals surface area contributed by atoms with Crippen molar-refractivity contribution in [3.8, 4) is 0 Å². The van der Waals surface area contributed by atoms with Crippen LogP contribution in [0.15, 0.2) is 0 Å². The molecule has 0 saturated carbocycles. The van der Waals surface area contributed by atoms with Gasteiger partial charge in [-0.25, -0.2) is 9.59 Å². The van der Waals surface area contributed by atoms with Crippen LogP contribution >= 0.6 is 0 Å². The van der Waals surface area contributed by atoms with E-state index in [-0.39, 0.29) is 0 Å². The zero-order valence-electron chi connectivity index (χ0n) is 11.7. The molecule has 0 heterocycles. The van der Waals surface area contributed by atoms with Crippen LogP contribution < -0.4 is 5.32 Å². The van der Waals surface area contributed by atoms with Crippen molar-refractivity contribution in [1.82, 2.24) is 10.2 Å². The van der Waals surface area contributed by atoms with E-state index in [9.17, 15) is 9.59 Å². The molecular weight excluding hydrogens is 236 g/mol. The standard InChI is InChI=1S/C12H24N2O4/c1-5-7-12(3,10(15)16)13-11(17)14(4)8-9-18-6-2/h5-9H2,1-4H3,(H,13,17)(H,15,16). The van der Waals surface area contributed by atoms with E-state index in [1.165, 1.54) is 11.8 Å². The van der Waals surface area contributed by atoms with Crippen molar-refractivity contribution in [2.45, 2.75) is 39.2 Å². The Balaban J connectivity index is 4.37. The van der Waals surface area contributed by atoms with Gasteiger partial charge in [-0.1, -0.05) is 13.3 Å². The molecule has 106 valence electrons. The zero-order valence-corrected chi connectivity index (χ0v) is 11.7. The predicted octanol–water partition coefficient (Wildman–Crippen LogP) is 1.31. The Kier molecular flexibility index (Phi) is 7.35. The molecule has 6 heteroatoms. The quantitative estimate of drug-likeness (QED) is 0.645. The summed E-state index contributed by atoms with van der Waals surface area (Å²) < 4.78 is 5.14. The number of hydrogen-bond donors (Lipinski definition) is 2. The molecule has 1 atom stereocenters. The molecule has 2 N–H and O–H groups in total. The topological polar surface area (TPSA) is 78.9 Å². The molecule has 0 aliphatic carbocycles. The molecule has 0 saturated heterocycles. The highest BCUT2D eigenvalue weighted by atomic mass is 16.5. The summed E-state index contributed by atoms with van der Waals surface area (Å²) in [4.78, 5) is 24.4. The van der Waals surface area contributed by atoms with E-state index >= 15 is 0 Å². The molecule has 1 unspecified atom stereocenters. The van der Waals surface area contributed by atoms with Crippen LogP contribution in [0.25, 0.3) is 0 Å². The molecule has 6 nitrogen and oxygen atoms in total. The van der Waals surface area contributed by atoms with Gasteiger partial charge in [-0.05, 0) is 20.3 Å². The highest BCUT2D eigenvalue weighted by Gasteiger charge is 2.34. The molecule has 0 rings (SSSR count). The van der Waals surface area contributed by atoms with E-state index in [1.54, 1.807) is 7.05 Å². The summed E-state index contributed by atoms with van der Waals surface area (Å²) in [5.74, 6) is -1.02. The van der Waals surface area contributed by atoms with Gasteiger partial charge in [-0.2, -0.15) is 0 Å². The number of urea groups is 1. The fourth-order valence-electron chi connectivity index (χ4n) is 1.50. The van der Waals surface area contributed by atoms with E-state index in [0.29, 0.717) is 32.6 Å². The van der Waals surface area contributed by atoms with Gasteiger partial charge in [0.2, 0.25) is 0 Å². The summed E-state index contributed by atoms with van der Waals surface area (Å²) >= 11 is 0. The summed E-state index contributed by atoms with van der Waals surface area (Å²) in [7, 11) is 1.61. The van der Waals surface area contributed by atoms with Crippen molar-refractivity contribution in [3.05, 3.63) is 0 Å². The minimum absolute atomic E-state index is 0.395. The van der Waals surface area contributed by atoms with Gasteiger partial charge in [-0.3, -0.25) is 0 Å². The summed E-state index contributed by atoms with van der Waals surface area (Å²) in [6.07, 6.45) is 1.08. The van der Waals surface area contributed by atoms with Gasteiger partial charge in [0.05, 0.1) is 6.61 Å². The summed E-state index contributed by atoms with van der Waals surface area (Å²) in [5.41, 5.74) is -1.22. The first kappa shape index (κ1) is 16.7. The second kappa shape index (κ2) is 7.92.